The van der Waals surface area contributed by atoms with Crippen molar-refractivity contribution in [2.75, 3.05) is 0 Å². The molecular formula is C24H40O. The number of hydrogen-bond donors (Lipinski definition) is 0. The zero-order valence-corrected chi connectivity index (χ0v) is 16.6. The molecule has 1 aliphatic heterocycles. The molecule has 1 heteroatoms. The van der Waals surface area contributed by atoms with Gasteiger partial charge in [0, 0.05) is 11.5 Å². The van der Waals surface area contributed by atoms with Gasteiger partial charge in [0.15, 0.2) is 0 Å². The van der Waals surface area contributed by atoms with Gasteiger partial charge in [0.1, 0.15) is 11.9 Å². The topological polar surface area (TPSA) is 9.23 Å². The van der Waals surface area contributed by atoms with Gasteiger partial charge in [-0.2, -0.15) is 0 Å². The monoisotopic (exact) mass is 344 g/mol. The second-order valence-corrected chi connectivity index (χ2v) is 8.50. The molecule has 1 heterocycles. The molecule has 4 rings (SSSR count). The predicted octanol–water partition coefficient (Wildman–Crippen LogP) is 7.30. The Labute approximate surface area is 156 Å². The summed E-state index contributed by atoms with van der Waals surface area (Å²) >= 11 is 0. The Hall–Kier alpha value is -0.980. The van der Waals surface area contributed by atoms with E-state index >= 15 is 0 Å². The van der Waals surface area contributed by atoms with E-state index in [1.807, 2.05) is 13.8 Å². The van der Waals surface area contributed by atoms with E-state index in [1.54, 1.807) is 5.56 Å². The molecule has 0 bridgehead atoms. The van der Waals surface area contributed by atoms with Gasteiger partial charge in [0.2, 0.25) is 0 Å². The lowest BCUT2D eigenvalue weighted by molar-refractivity contribution is -0.0790. The second-order valence-electron chi connectivity index (χ2n) is 8.50. The summed E-state index contributed by atoms with van der Waals surface area (Å²) < 4.78 is 6.48. The van der Waals surface area contributed by atoms with Crippen LogP contribution in [0.4, 0.5) is 0 Å². The summed E-state index contributed by atoms with van der Waals surface area (Å²) in [5, 5.41) is 0. The smallest absolute Gasteiger partial charge is 0.123 e. The van der Waals surface area contributed by atoms with Crippen LogP contribution in [-0.2, 0) is 6.42 Å². The van der Waals surface area contributed by atoms with Gasteiger partial charge in [0.05, 0.1) is 0 Å². The highest BCUT2D eigenvalue weighted by Gasteiger charge is 2.64. The van der Waals surface area contributed by atoms with E-state index < -0.39 is 0 Å². The van der Waals surface area contributed by atoms with Crippen molar-refractivity contribution in [3.05, 3.63) is 28.8 Å². The molecule has 0 radical (unpaired) electrons. The summed E-state index contributed by atoms with van der Waals surface area (Å²) in [5.74, 6) is 3.65. The summed E-state index contributed by atoms with van der Waals surface area (Å²) in [6.07, 6.45) is 8.28. The van der Waals surface area contributed by atoms with E-state index in [4.69, 9.17) is 4.74 Å². The maximum Gasteiger partial charge on any atom is 0.123 e. The lowest BCUT2D eigenvalue weighted by atomic mass is 9.46. The van der Waals surface area contributed by atoms with Gasteiger partial charge in [-0.15, -0.1) is 0 Å². The molecule has 0 amide bonds. The standard InChI is InChI=1S/C21H30O.C2H6.CH4/c1-5-6-7-8-14-11-13(2)18-17(12-14)22-16-10-9-15-19(16)20(18)21(15,3)4;1-2;/h11-12,15-16,19-20H,5-10H2,1-4H3;1-2H3;1H4/t15?,16-,19+,20-;;/m1../s1. The number of fused-ring (bicyclic) bond motifs is 2. The number of rotatable bonds is 4. The number of benzene rings is 1. The lowest BCUT2D eigenvalue weighted by Crippen LogP contribution is -2.55. The molecule has 1 aromatic rings. The molecule has 142 valence electrons. The molecule has 1 unspecified atom stereocenters. The summed E-state index contributed by atoms with van der Waals surface area (Å²) in [4.78, 5) is 0. The minimum Gasteiger partial charge on any atom is -0.490 e. The van der Waals surface area contributed by atoms with E-state index in [9.17, 15) is 0 Å². The fourth-order valence-corrected chi connectivity index (χ4v) is 5.83. The summed E-state index contributed by atoms with van der Waals surface area (Å²) in [6.45, 7) is 13.6. The molecule has 2 aliphatic carbocycles. The molecule has 2 saturated carbocycles. The zero-order chi connectivity index (χ0) is 17.5. The van der Waals surface area contributed by atoms with Crippen molar-refractivity contribution in [1.29, 1.82) is 0 Å². The first-order valence-corrected chi connectivity index (χ1v) is 10.3. The van der Waals surface area contributed by atoms with Gasteiger partial charge in [-0.3, -0.25) is 0 Å². The second kappa shape index (κ2) is 7.72. The van der Waals surface area contributed by atoms with Crippen LogP contribution in [0.25, 0.3) is 0 Å². The Morgan fingerprint density at radius 1 is 1.12 bits per heavy atom. The fraction of sp³-hybridized carbons (Fsp3) is 0.750. The maximum atomic E-state index is 6.48. The van der Waals surface area contributed by atoms with E-state index in [-0.39, 0.29) is 7.43 Å². The Bertz CT molecular complexity index is 586. The zero-order valence-electron chi connectivity index (χ0n) is 16.6. The van der Waals surface area contributed by atoms with E-state index in [0.717, 1.165) is 17.8 Å². The van der Waals surface area contributed by atoms with Crippen LogP contribution >= 0.6 is 0 Å². The van der Waals surface area contributed by atoms with Crippen molar-refractivity contribution in [2.24, 2.45) is 17.3 Å². The molecule has 0 aromatic heterocycles. The van der Waals surface area contributed by atoms with E-state index in [0.29, 0.717) is 11.5 Å². The third kappa shape index (κ3) is 3.13. The lowest BCUT2D eigenvalue weighted by Gasteiger charge is -2.60. The van der Waals surface area contributed by atoms with Gasteiger partial charge in [-0.05, 0) is 67.1 Å². The number of unbranched alkanes of at least 4 members (excludes halogenated alkanes) is 2. The Morgan fingerprint density at radius 3 is 2.52 bits per heavy atom. The van der Waals surface area contributed by atoms with Crippen molar-refractivity contribution in [3.63, 3.8) is 0 Å². The van der Waals surface area contributed by atoms with Gasteiger partial charge in [0.25, 0.3) is 0 Å². The minimum atomic E-state index is 0. The molecule has 0 N–H and O–H groups in total. The van der Waals surface area contributed by atoms with Crippen LogP contribution in [0, 0.1) is 24.2 Å². The van der Waals surface area contributed by atoms with E-state index in [1.165, 1.54) is 55.4 Å². The Kier molecular flexibility index (Phi) is 6.28. The normalized spacial score (nSPS) is 29.8. The molecule has 25 heavy (non-hydrogen) atoms. The predicted molar refractivity (Wildman–Crippen MR) is 110 cm³/mol. The van der Waals surface area contributed by atoms with Crippen LogP contribution in [0.1, 0.15) is 96.8 Å². The van der Waals surface area contributed by atoms with Gasteiger partial charge < -0.3 is 4.74 Å². The number of aryl methyl sites for hydroxylation is 2. The largest absolute Gasteiger partial charge is 0.490 e. The fourth-order valence-electron chi connectivity index (χ4n) is 5.83. The van der Waals surface area contributed by atoms with Crippen molar-refractivity contribution in [2.45, 2.75) is 99.5 Å². The Morgan fingerprint density at radius 2 is 1.84 bits per heavy atom. The molecular weight excluding hydrogens is 304 g/mol. The van der Waals surface area contributed by atoms with Crippen LogP contribution in [0.5, 0.6) is 5.75 Å². The van der Waals surface area contributed by atoms with Gasteiger partial charge in [-0.1, -0.05) is 61.0 Å². The molecule has 3 aliphatic rings. The first kappa shape index (κ1) is 20.3. The van der Waals surface area contributed by atoms with Crippen LogP contribution in [0.2, 0.25) is 0 Å². The van der Waals surface area contributed by atoms with Gasteiger partial charge in [-0.25, -0.2) is 0 Å². The van der Waals surface area contributed by atoms with Crippen molar-refractivity contribution < 1.29 is 4.74 Å². The van der Waals surface area contributed by atoms with E-state index in [2.05, 4.69) is 39.8 Å². The average molecular weight is 345 g/mol. The maximum absolute atomic E-state index is 6.48. The molecule has 1 aromatic carbocycles. The van der Waals surface area contributed by atoms with Crippen molar-refractivity contribution in [3.8, 4) is 5.75 Å². The van der Waals surface area contributed by atoms with Crippen molar-refractivity contribution >= 4 is 0 Å². The average Bonchev–Trinajstić information content (AvgIpc) is 2.97. The van der Waals surface area contributed by atoms with Crippen LogP contribution in [0.15, 0.2) is 12.1 Å². The molecule has 0 spiro atoms. The molecule has 1 nitrogen and oxygen atoms in total. The highest BCUT2D eigenvalue weighted by molar-refractivity contribution is 5.51. The van der Waals surface area contributed by atoms with Crippen LogP contribution < -0.4 is 4.74 Å². The van der Waals surface area contributed by atoms with Crippen LogP contribution in [-0.4, -0.2) is 6.10 Å². The molecule has 0 saturated heterocycles. The highest BCUT2D eigenvalue weighted by Crippen LogP contribution is 2.70. The summed E-state index contributed by atoms with van der Waals surface area (Å²) in [6, 6.07) is 4.81. The summed E-state index contributed by atoms with van der Waals surface area (Å²) in [7, 11) is 0. The first-order chi connectivity index (χ1) is 11.5. The third-order valence-corrected chi connectivity index (χ3v) is 6.87. The third-order valence-electron chi connectivity index (χ3n) is 6.87. The molecule has 4 atom stereocenters. The van der Waals surface area contributed by atoms with Crippen LogP contribution in [0.3, 0.4) is 0 Å². The van der Waals surface area contributed by atoms with Crippen molar-refractivity contribution in [1.82, 2.24) is 0 Å². The number of ether oxygens (including phenoxy) is 1. The molecule has 2 fully saturated rings. The quantitative estimate of drug-likeness (QED) is 0.521. The Balaban J connectivity index is 0.000000726. The highest BCUT2D eigenvalue weighted by atomic mass is 16.5. The van der Waals surface area contributed by atoms with Gasteiger partial charge >= 0.3 is 0 Å². The summed E-state index contributed by atoms with van der Waals surface area (Å²) in [5.41, 5.74) is 4.97. The number of hydrogen-bond acceptors (Lipinski definition) is 1. The minimum absolute atomic E-state index is 0. The first-order valence-electron chi connectivity index (χ1n) is 10.3. The SMILES string of the molecule is C.CC.CCCCCc1cc(C)c2c(c1)O[C@@H]1CCC3[C@@H]1[C@@H]2C3(C)C.